The molecular formula is C17H19N5O3. The third-order valence-corrected chi connectivity index (χ3v) is 4.61. The number of carboxylic acid groups (broad SMARTS) is 1. The second-order valence-electron chi connectivity index (χ2n) is 6.09. The number of aromatic nitrogens is 3. The average Bonchev–Trinajstić information content (AvgIpc) is 2.68. The number of carboxylic acids is 1. The number of fused-ring (bicyclic) bond motifs is 1. The number of carbonyl (C=O) groups is 1. The fraction of sp³-hybridized carbons (Fsp3) is 0.412. The predicted molar refractivity (Wildman–Crippen MR) is 91.0 cm³/mol. The summed E-state index contributed by atoms with van der Waals surface area (Å²) in [5, 5.41) is 9.80. The molecule has 0 unspecified atom stereocenters. The van der Waals surface area contributed by atoms with Crippen molar-refractivity contribution in [2.45, 2.75) is 13.0 Å². The van der Waals surface area contributed by atoms with Gasteiger partial charge in [0.05, 0.1) is 13.2 Å². The zero-order valence-corrected chi connectivity index (χ0v) is 13.8. The molecule has 0 aliphatic carbocycles. The molecule has 8 nitrogen and oxygen atoms in total. The zero-order valence-electron chi connectivity index (χ0n) is 13.8. The van der Waals surface area contributed by atoms with E-state index in [1.54, 1.807) is 24.7 Å². The quantitative estimate of drug-likeness (QED) is 0.883. The molecule has 25 heavy (non-hydrogen) atoms. The van der Waals surface area contributed by atoms with Gasteiger partial charge in [0.2, 0.25) is 5.95 Å². The maximum Gasteiger partial charge on any atom is 0.339 e. The molecule has 0 bridgehead atoms. The Kier molecular flexibility index (Phi) is 4.19. The van der Waals surface area contributed by atoms with Crippen LogP contribution in [0.25, 0.3) is 0 Å². The van der Waals surface area contributed by atoms with Crippen molar-refractivity contribution < 1.29 is 14.6 Å². The highest BCUT2D eigenvalue weighted by Gasteiger charge is 2.28. The van der Waals surface area contributed by atoms with Gasteiger partial charge in [0, 0.05) is 44.8 Å². The monoisotopic (exact) mass is 341 g/mol. The molecule has 4 heterocycles. The van der Waals surface area contributed by atoms with Gasteiger partial charge in [-0.3, -0.25) is 0 Å². The summed E-state index contributed by atoms with van der Waals surface area (Å²) in [4.78, 5) is 29.0. The Labute approximate surface area is 145 Å². The molecule has 8 heteroatoms. The van der Waals surface area contributed by atoms with E-state index in [0.717, 1.165) is 11.1 Å². The van der Waals surface area contributed by atoms with E-state index in [0.29, 0.717) is 63.1 Å². The predicted octanol–water partition coefficient (Wildman–Crippen LogP) is 0.969. The van der Waals surface area contributed by atoms with Gasteiger partial charge in [-0.15, -0.1) is 0 Å². The molecular weight excluding hydrogens is 322 g/mol. The second-order valence-corrected chi connectivity index (χ2v) is 6.09. The van der Waals surface area contributed by atoms with E-state index >= 15 is 0 Å². The molecule has 0 saturated carbocycles. The van der Waals surface area contributed by atoms with Gasteiger partial charge in [-0.25, -0.2) is 19.7 Å². The molecule has 1 fully saturated rings. The number of pyridine rings is 1. The molecule has 0 aromatic carbocycles. The fourth-order valence-corrected chi connectivity index (χ4v) is 3.40. The van der Waals surface area contributed by atoms with Crippen molar-refractivity contribution in [3.8, 4) is 0 Å². The van der Waals surface area contributed by atoms with Crippen LogP contribution in [0.4, 0.5) is 11.8 Å². The Morgan fingerprint density at radius 1 is 1.08 bits per heavy atom. The van der Waals surface area contributed by atoms with Crippen molar-refractivity contribution in [2.75, 3.05) is 42.6 Å². The van der Waals surface area contributed by atoms with E-state index < -0.39 is 5.97 Å². The number of anilines is 2. The summed E-state index contributed by atoms with van der Waals surface area (Å²) >= 11 is 0. The molecule has 2 aromatic heterocycles. The topological polar surface area (TPSA) is 91.7 Å². The van der Waals surface area contributed by atoms with Crippen LogP contribution < -0.4 is 9.80 Å². The van der Waals surface area contributed by atoms with Crippen LogP contribution in [0.1, 0.15) is 21.5 Å². The molecule has 130 valence electrons. The van der Waals surface area contributed by atoms with Crippen molar-refractivity contribution in [1.82, 2.24) is 15.0 Å². The average molecular weight is 341 g/mol. The smallest absolute Gasteiger partial charge is 0.339 e. The van der Waals surface area contributed by atoms with Crippen LogP contribution in [0.2, 0.25) is 0 Å². The van der Waals surface area contributed by atoms with Crippen LogP contribution in [0.3, 0.4) is 0 Å². The molecule has 2 aromatic rings. The lowest BCUT2D eigenvalue weighted by atomic mass is 9.96. The highest BCUT2D eigenvalue weighted by atomic mass is 16.5. The van der Waals surface area contributed by atoms with E-state index in [4.69, 9.17) is 4.74 Å². The van der Waals surface area contributed by atoms with Gasteiger partial charge in [0.25, 0.3) is 0 Å². The van der Waals surface area contributed by atoms with Gasteiger partial charge in [-0.2, -0.15) is 0 Å². The maximum atomic E-state index is 12.0. The van der Waals surface area contributed by atoms with Crippen LogP contribution in [0.15, 0.2) is 24.7 Å². The lowest BCUT2D eigenvalue weighted by molar-refractivity contribution is 0.0694. The van der Waals surface area contributed by atoms with Crippen molar-refractivity contribution in [3.63, 3.8) is 0 Å². The standard InChI is InChI=1S/C17H19N5O3/c23-16(24)14-13-2-5-22(17-18-3-1-4-19-17)11-12(13)10-20-15(14)21-6-8-25-9-7-21/h1,3-4,10H,2,5-9,11H2,(H,23,24). The summed E-state index contributed by atoms with van der Waals surface area (Å²) in [6, 6.07) is 1.78. The van der Waals surface area contributed by atoms with Crippen molar-refractivity contribution in [1.29, 1.82) is 0 Å². The van der Waals surface area contributed by atoms with Crippen LogP contribution in [-0.4, -0.2) is 58.9 Å². The van der Waals surface area contributed by atoms with E-state index in [-0.39, 0.29) is 0 Å². The first kappa shape index (κ1) is 15.8. The second kappa shape index (κ2) is 6.64. The van der Waals surface area contributed by atoms with E-state index in [2.05, 4.69) is 15.0 Å². The van der Waals surface area contributed by atoms with Gasteiger partial charge in [-0.1, -0.05) is 0 Å². The number of nitrogens with zero attached hydrogens (tertiary/aromatic N) is 5. The number of hydrogen-bond donors (Lipinski definition) is 1. The summed E-state index contributed by atoms with van der Waals surface area (Å²) < 4.78 is 5.36. The van der Waals surface area contributed by atoms with Crippen LogP contribution >= 0.6 is 0 Å². The van der Waals surface area contributed by atoms with Crippen LogP contribution in [0, 0.1) is 0 Å². The molecule has 2 aliphatic rings. The molecule has 2 aliphatic heterocycles. The molecule has 0 radical (unpaired) electrons. The Balaban J connectivity index is 1.68. The number of aromatic carboxylic acids is 1. The number of rotatable bonds is 3. The first-order valence-electron chi connectivity index (χ1n) is 8.33. The number of morpholine rings is 1. The summed E-state index contributed by atoms with van der Waals surface area (Å²) in [7, 11) is 0. The minimum atomic E-state index is -0.921. The third-order valence-electron chi connectivity index (χ3n) is 4.61. The number of ether oxygens (including phenoxy) is 1. The third kappa shape index (κ3) is 3.00. The first-order valence-corrected chi connectivity index (χ1v) is 8.33. The molecule has 1 N–H and O–H groups in total. The Morgan fingerprint density at radius 2 is 1.84 bits per heavy atom. The van der Waals surface area contributed by atoms with Crippen LogP contribution in [0.5, 0.6) is 0 Å². The van der Waals surface area contributed by atoms with Gasteiger partial charge >= 0.3 is 5.97 Å². The molecule has 4 rings (SSSR count). The Morgan fingerprint density at radius 3 is 2.56 bits per heavy atom. The maximum absolute atomic E-state index is 12.0. The summed E-state index contributed by atoms with van der Waals surface area (Å²) in [6.45, 7) is 3.76. The summed E-state index contributed by atoms with van der Waals surface area (Å²) in [6.07, 6.45) is 5.84. The van der Waals surface area contributed by atoms with Gasteiger partial charge in [-0.05, 0) is 23.6 Å². The highest BCUT2D eigenvalue weighted by molar-refractivity contribution is 5.95. The lowest BCUT2D eigenvalue weighted by Gasteiger charge is -2.33. The Hall–Kier alpha value is -2.74. The highest BCUT2D eigenvalue weighted by Crippen LogP contribution is 2.30. The Bertz CT molecular complexity index is 777. The van der Waals surface area contributed by atoms with Gasteiger partial charge < -0.3 is 19.6 Å². The summed E-state index contributed by atoms with van der Waals surface area (Å²) in [5.74, 6) is 0.288. The van der Waals surface area contributed by atoms with E-state index in [1.807, 2.05) is 9.80 Å². The molecule has 0 spiro atoms. The summed E-state index contributed by atoms with van der Waals surface area (Å²) in [5.41, 5.74) is 2.12. The zero-order chi connectivity index (χ0) is 17.2. The van der Waals surface area contributed by atoms with Crippen molar-refractivity contribution in [2.24, 2.45) is 0 Å². The van der Waals surface area contributed by atoms with Crippen molar-refractivity contribution >= 4 is 17.7 Å². The van der Waals surface area contributed by atoms with Crippen LogP contribution in [-0.2, 0) is 17.7 Å². The van der Waals surface area contributed by atoms with E-state index in [9.17, 15) is 9.90 Å². The lowest BCUT2D eigenvalue weighted by Crippen LogP contribution is -2.39. The SMILES string of the molecule is O=C(O)c1c(N2CCOCC2)ncc2c1CCN(c1ncccn1)C2. The van der Waals surface area contributed by atoms with Crippen molar-refractivity contribution in [3.05, 3.63) is 41.3 Å². The molecule has 0 amide bonds. The fourth-order valence-electron chi connectivity index (χ4n) is 3.40. The number of hydrogen-bond acceptors (Lipinski definition) is 7. The first-order chi connectivity index (χ1) is 12.2. The van der Waals surface area contributed by atoms with Gasteiger partial charge in [0.15, 0.2) is 0 Å². The molecule has 1 saturated heterocycles. The normalized spacial score (nSPS) is 17.3. The van der Waals surface area contributed by atoms with Gasteiger partial charge in [0.1, 0.15) is 11.4 Å². The minimum absolute atomic E-state index is 0.327. The molecule has 0 atom stereocenters. The minimum Gasteiger partial charge on any atom is -0.478 e. The largest absolute Gasteiger partial charge is 0.478 e. The van der Waals surface area contributed by atoms with E-state index in [1.165, 1.54) is 0 Å².